The van der Waals surface area contributed by atoms with Gasteiger partial charge in [-0.3, -0.25) is 19.2 Å². The largest absolute Gasteiger partial charge is 0.444 e. The second-order valence-electron chi connectivity index (χ2n) is 10.6. The summed E-state index contributed by atoms with van der Waals surface area (Å²) >= 11 is 0. The van der Waals surface area contributed by atoms with Gasteiger partial charge >= 0.3 is 6.09 Å². The van der Waals surface area contributed by atoms with E-state index in [1.807, 2.05) is 43.3 Å². The topological polar surface area (TPSA) is 134 Å². The number of hydrogen-bond donors (Lipinski definition) is 3. The molecule has 0 radical (unpaired) electrons. The van der Waals surface area contributed by atoms with Crippen LogP contribution in [0.3, 0.4) is 0 Å². The van der Waals surface area contributed by atoms with Gasteiger partial charge in [0.15, 0.2) is 5.78 Å². The highest BCUT2D eigenvalue weighted by Crippen LogP contribution is 2.20. The number of rotatable bonds is 10. The lowest BCUT2D eigenvalue weighted by Crippen LogP contribution is -2.54. The zero-order chi connectivity index (χ0) is 28.6. The van der Waals surface area contributed by atoms with Crippen molar-refractivity contribution >= 4 is 29.6 Å². The highest BCUT2D eigenvalue weighted by molar-refractivity contribution is 6.01. The third kappa shape index (κ3) is 8.94. The normalized spacial score (nSPS) is 17.7. The molecule has 2 aromatic rings. The number of nitrogens with one attached hydrogen (secondary N) is 3. The Kier molecular flexibility index (Phi) is 9.81. The van der Waals surface area contributed by atoms with Crippen molar-refractivity contribution in [1.29, 1.82) is 0 Å². The van der Waals surface area contributed by atoms with Gasteiger partial charge in [0, 0.05) is 18.0 Å². The molecule has 3 atom stereocenters. The van der Waals surface area contributed by atoms with Crippen LogP contribution in [0, 0.1) is 0 Å². The summed E-state index contributed by atoms with van der Waals surface area (Å²) in [6, 6.07) is 15.8. The molecule has 1 saturated heterocycles. The van der Waals surface area contributed by atoms with E-state index >= 15 is 0 Å². The summed E-state index contributed by atoms with van der Waals surface area (Å²) in [4.78, 5) is 65.1. The Morgan fingerprint density at radius 2 is 1.62 bits per heavy atom. The molecule has 0 aliphatic carbocycles. The molecule has 3 rings (SSSR count). The van der Waals surface area contributed by atoms with E-state index in [2.05, 4.69) is 16.0 Å². The molecule has 0 aromatic heterocycles. The Balaban J connectivity index is 1.63. The van der Waals surface area contributed by atoms with E-state index in [0.29, 0.717) is 12.0 Å². The first kappa shape index (κ1) is 29.3. The molecule has 2 aromatic carbocycles. The van der Waals surface area contributed by atoms with E-state index < -0.39 is 35.6 Å². The van der Waals surface area contributed by atoms with Crippen molar-refractivity contribution in [1.82, 2.24) is 20.9 Å². The second kappa shape index (κ2) is 13.0. The van der Waals surface area contributed by atoms with Crippen LogP contribution in [0.1, 0.15) is 50.0 Å². The summed E-state index contributed by atoms with van der Waals surface area (Å²) in [5.74, 6) is -1.66. The molecular formula is C29H36N4O6. The van der Waals surface area contributed by atoms with E-state index in [1.165, 1.54) is 4.90 Å². The van der Waals surface area contributed by atoms with E-state index in [4.69, 9.17) is 4.74 Å². The molecule has 0 bridgehead atoms. The highest BCUT2D eigenvalue weighted by atomic mass is 16.6. The standard InChI is InChI=1S/C29H36N4O6/c1-19-15-23(27(37)33(19)18-24(34)21-13-9-6-10-14-21)32-26(36)22(16-20-11-7-5-8-12-20)31-25(35)17-30-28(38)39-29(2,3)4/h5-14,19,22-23H,15-18H2,1-4H3,(H,30,38)(H,31,35)(H,32,36). The number of nitrogens with zero attached hydrogens (tertiary/aromatic N) is 1. The number of likely N-dealkylation sites (tertiary alicyclic amines) is 1. The number of amides is 4. The lowest BCUT2D eigenvalue weighted by molar-refractivity contribution is -0.134. The van der Waals surface area contributed by atoms with Gasteiger partial charge in [0.05, 0.1) is 6.54 Å². The molecule has 208 valence electrons. The van der Waals surface area contributed by atoms with Crippen LogP contribution in [-0.4, -0.2) is 71.3 Å². The van der Waals surface area contributed by atoms with Gasteiger partial charge in [0.1, 0.15) is 24.2 Å². The zero-order valence-corrected chi connectivity index (χ0v) is 22.7. The first-order valence-corrected chi connectivity index (χ1v) is 12.9. The van der Waals surface area contributed by atoms with E-state index in [1.54, 1.807) is 45.0 Å². The highest BCUT2D eigenvalue weighted by Gasteiger charge is 2.39. The van der Waals surface area contributed by atoms with Crippen molar-refractivity contribution < 1.29 is 28.7 Å². The van der Waals surface area contributed by atoms with Gasteiger partial charge in [-0.05, 0) is 39.7 Å². The van der Waals surface area contributed by atoms with Crippen LogP contribution in [0.5, 0.6) is 0 Å². The van der Waals surface area contributed by atoms with Crippen LogP contribution >= 0.6 is 0 Å². The quantitative estimate of drug-likeness (QED) is 0.399. The lowest BCUT2D eigenvalue weighted by atomic mass is 10.0. The predicted octanol–water partition coefficient (Wildman–Crippen LogP) is 2.23. The molecule has 1 heterocycles. The number of carbonyl (C=O) groups excluding carboxylic acids is 5. The Labute approximate surface area is 228 Å². The van der Waals surface area contributed by atoms with Crippen LogP contribution < -0.4 is 16.0 Å². The molecule has 10 nitrogen and oxygen atoms in total. The van der Waals surface area contributed by atoms with Gasteiger partial charge in [-0.1, -0.05) is 60.7 Å². The molecule has 1 fully saturated rings. The molecule has 3 unspecified atom stereocenters. The molecule has 4 amide bonds. The molecular weight excluding hydrogens is 500 g/mol. The van der Waals surface area contributed by atoms with Crippen molar-refractivity contribution in [3.63, 3.8) is 0 Å². The average molecular weight is 537 g/mol. The van der Waals surface area contributed by atoms with E-state index in [9.17, 15) is 24.0 Å². The van der Waals surface area contributed by atoms with Gasteiger partial charge in [0.2, 0.25) is 17.7 Å². The van der Waals surface area contributed by atoms with Gasteiger partial charge < -0.3 is 25.6 Å². The van der Waals surface area contributed by atoms with Crippen LogP contribution in [0.4, 0.5) is 4.79 Å². The van der Waals surface area contributed by atoms with Crippen molar-refractivity contribution in [2.45, 2.75) is 64.3 Å². The zero-order valence-electron chi connectivity index (χ0n) is 22.7. The van der Waals surface area contributed by atoms with Crippen LogP contribution in [0.15, 0.2) is 60.7 Å². The number of alkyl carbamates (subject to hydrolysis) is 1. The maximum atomic E-state index is 13.3. The number of benzene rings is 2. The number of ether oxygens (including phenoxy) is 1. The SMILES string of the molecule is CC1CC(NC(=O)C(Cc2ccccc2)NC(=O)CNC(=O)OC(C)(C)C)C(=O)N1CC(=O)c1ccccc1. The van der Waals surface area contributed by atoms with Crippen molar-refractivity contribution in [3.05, 3.63) is 71.8 Å². The van der Waals surface area contributed by atoms with Crippen LogP contribution in [0.25, 0.3) is 0 Å². The minimum atomic E-state index is -0.997. The fraction of sp³-hybridized carbons (Fsp3) is 0.414. The summed E-state index contributed by atoms with van der Waals surface area (Å²) in [5, 5.41) is 7.78. The van der Waals surface area contributed by atoms with Gasteiger partial charge in [-0.2, -0.15) is 0 Å². The number of ketones is 1. The van der Waals surface area contributed by atoms with Gasteiger partial charge in [-0.15, -0.1) is 0 Å². The van der Waals surface area contributed by atoms with Crippen molar-refractivity contribution in [3.8, 4) is 0 Å². The first-order valence-electron chi connectivity index (χ1n) is 12.9. The minimum absolute atomic E-state index is 0.0864. The summed E-state index contributed by atoms with van der Waals surface area (Å²) in [5.41, 5.74) is 0.593. The van der Waals surface area contributed by atoms with E-state index in [0.717, 1.165) is 5.56 Å². The third-order valence-electron chi connectivity index (χ3n) is 6.14. The Morgan fingerprint density at radius 3 is 2.23 bits per heavy atom. The fourth-order valence-electron chi connectivity index (χ4n) is 4.25. The maximum absolute atomic E-state index is 13.3. The molecule has 0 saturated carbocycles. The fourth-order valence-corrected chi connectivity index (χ4v) is 4.25. The maximum Gasteiger partial charge on any atom is 0.408 e. The average Bonchev–Trinajstić information content (AvgIpc) is 3.14. The van der Waals surface area contributed by atoms with Gasteiger partial charge in [0.25, 0.3) is 0 Å². The molecule has 0 spiro atoms. The van der Waals surface area contributed by atoms with Crippen molar-refractivity contribution in [2.24, 2.45) is 0 Å². The summed E-state index contributed by atoms with van der Waals surface area (Å²) in [6.45, 7) is 6.47. The summed E-state index contributed by atoms with van der Waals surface area (Å²) in [7, 11) is 0. The Morgan fingerprint density at radius 1 is 1.00 bits per heavy atom. The summed E-state index contributed by atoms with van der Waals surface area (Å²) in [6.07, 6.45) is -0.242. The molecule has 1 aliphatic heterocycles. The Bertz CT molecular complexity index is 1180. The molecule has 3 N–H and O–H groups in total. The lowest BCUT2D eigenvalue weighted by Gasteiger charge is -2.22. The summed E-state index contributed by atoms with van der Waals surface area (Å²) < 4.78 is 5.14. The van der Waals surface area contributed by atoms with Gasteiger partial charge in [-0.25, -0.2) is 4.79 Å². The third-order valence-corrected chi connectivity index (χ3v) is 6.14. The second-order valence-corrected chi connectivity index (χ2v) is 10.6. The monoisotopic (exact) mass is 536 g/mol. The molecule has 39 heavy (non-hydrogen) atoms. The molecule has 1 aliphatic rings. The first-order chi connectivity index (χ1) is 18.4. The number of hydrogen-bond acceptors (Lipinski definition) is 6. The van der Waals surface area contributed by atoms with E-state index in [-0.39, 0.29) is 37.2 Å². The van der Waals surface area contributed by atoms with Crippen LogP contribution in [0.2, 0.25) is 0 Å². The Hall–Kier alpha value is -4.21. The molecule has 10 heteroatoms. The smallest absolute Gasteiger partial charge is 0.408 e. The number of carbonyl (C=O) groups is 5. The minimum Gasteiger partial charge on any atom is -0.444 e. The number of Topliss-reactive ketones (excluding diaryl/α,β-unsaturated/α-hetero) is 1. The predicted molar refractivity (Wildman–Crippen MR) is 145 cm³/mol. The van der Waals surface area contributed by atoms with Crippen molar-refractivity contribution in [2.75, 3.05) is 13.1 Å². The van der Waals surface area contributed by atoms with Crippen LogP contribution in [-0.2, 0) is 25.5 Å².